The molecule has 16 heavy (non-hydrogen) atoms. The molecule has 3 atom stereocenters. The lowest BCUT2D eigenvalue weighted by atomic mass is 9.90. The molecule has 5 heteroatoms. The number of aliphatic hydroxyl groups is 1. The second kappa shape index (κ2) is 6.06. The van der Waals surface area contributed by atoms with Crippen LogP contribution in [0, 0.1) is 5.92 Å². The molecule has 5 nitrogen and oxygen atoms in total. The Morgan fingerprint density at radius 1 is 1.62 bits per heavy atom. The molecule has 0 bridgehead atoms. The van der Waals surface area contributed by atoms with Crippen molar-refractivity contribution in [2.45, 2.75) is 32.4 Å². The van der Waals surface area contributed by atoms with Gasteiger partial charge in [0.25, 0.3) is 0 Å². The van der Waals surface area contributed by atoms with Gasteiger partial charge in [0.05, 0.1) is 13.2 Å². The fraction of sp³-hybridized carbons (Fsp3) is 0.909. The van der Waals surface area contributed by atoms with Crippen LogP contribution in [0.25, 0.3) is 0 Å². The van der Waals surface area contributed by atoms with Crippen LogP contribution in [0.2, 0.25) is 0 Å². The first-order valence-corrected chi connectivity index (χ1v) is 5.82. The van der Waals surface area contributed by atoms with Crippen LogP contribution in [0.15, 0.2) is 0 Å². The Morgan fingerprint density at radius 3 is 2.81 bits per heavy atom. The van der Waals surface area contributed by atoms with Gasteiger partial charge in [0, 0.05) is 25.0 Å². The number of likely N-dealkylation sites (N-methyl/N-ethyl adjacent to an activating group) is 1. The number of methoxy groups -OCH3 is 1. The molecule has 1 saturated heterocycles. The third-order valence-corrected chi connectivity index (χ3v) is 3.09. The van der Waals surface area contributed by atoms with E-state index in [9.17, 15) is 9.90 Å². The summed E-state index contributed by atoms with van der Waals surface area (Å²) in [5, 5.41) is 12.9. The van der Waals surface area contributed by atoms with Gasteiger partial charge in [0.1, 0.15) is 0 Å². The summed E-state index contributed by atoms with van der Waals surface area (Å²) in [6.07, 6.45) is 0.195. The van der Waals surface area contributed by atoms with E-state index in [2.05, 4.69) is 5.32 Å². The maximum Gasteiger partial charge on any atom is 0.409 e. The fourth-order valence-corrected chi connectivity index (χ4v) is 2.20. The highest BCUT2D eigenvalue weighted by Gasteiger charge is 2.32. The maximum absolute atomic E-state index is 11.5. The SMILES string of the molecule is CCNC1CC(C(C)O)CN(C(=O)OC)C1. The summed E-state index contributed by atoms with van der Waals surface area (Å²) in [7, 11) is 1.39. The van der Waals surface area contributed by atoms with E-state index in [1.165, 1.54) is 7.11 Å². The van der Waals surface area contributed by atoms with Crippen LogP contribution in [0.3, 0.4) is 0 Å². The van der Waals surface area contributed by atoms with E-state index in [-0.39, 0.29) is 18.1 Å². The number of amides is 1. The van der Waals surface area contributed by atoms with Crippen molar-refractivity contribution in [1.29, 1.82) is 0 Å². The first-order valence-electron chi connectivity index (χ1n) is 5.82. The van der Waals surface area contributed by atoms with Crippen LogP contribution in [-0.4, -0.2) is 55.0 Å². The molecule has 1 amide bonds. The number of hydrogen-bond donors (Lipinski definition) is 2. The average Bonchev–Trinajstić information content (AvgIpc) is 2.28. The van der Waals surface area contributed by atoms with Gasteiger partial charge < -0.3 is 20.1 Å². The van der Waals surface area contributed by atoms with Crippen molar-refractivity contribution in [1.82, 2.24) is 10.2 Å². The van der Waals surface area contributed by atoms with Crippen molar-refractivity contribution >= 4 is 6.09 Å². The number of nitrogens with zero attached hydrogens (tertiary/aromatic N) is 1. The third-order valence-electron chi connectivity index (χ3n) is 3.09. The molecule has 94 valence electrons. The minimum atomic E-state index is -0.395. The number of ether oxygens (including phenoxy) is 1. The van der Waals surface area contributed by atoms with E-state index >= 15 is 0 Å². The molecule has 1 fully saturated rings. The van der Waals surface area contributed by atoms with E-state index in [4.69, 9.17) is 4.74 Å². The highest BCUT2D eigenvalue weighted by atomic mass is 16.5. The standard InChI is InChI=1S/C11H22N2O3/c1-4-12-10-5-9(8(2)14)6-13(7-10)11(15)16-3/h8-10,12,14H,4-7H2,1-3H3. The molecule has 0 aliphatic carbocycles. The number of rotatable bonds is 3. The number of nitrogens with one attached hydrogen (secondary N) is 1. The molecule has 1 rings (SSSR count). The van der Waals surface area contributed by atoms with Crippen LogP contribution in [0.1, 0.15) is 20.3 Å². The van der Waals surface area contributed by atoms with Crippen LogP contribution < -0.4 is 5.32 Å². The zero-order valence-electron chi connectivity index (χ0n) is 10.3. The van der Waals surface area contributed by atoms with Gasteiger partial charge in [0.15, 0.2) is 0 Å². The molecular weight excluding hydrogens is 208 g/mol. The lowest BCUT2D eigenvalue weighted by molar-refractivity contribution is 0.0430. The zero-order valence-corrected chi connectivity index (χ0v) is 10.3. The summed E-state index contributed by atoms with van der Waals surface area (Å²) < 4.78 is 4.72. The summed E-state index contributed by atoms with van der Waals surface area (Å²) in [5.74, 6) is 0.122. The zero-order chi connectivity index (χ0) is 12.1. The van der Waals surface area contributed by atoms with Gasteiger partial charge in [-0.1, -0.05) is 6.92 Å². The van der Waals surface area contributed by atoms with Gasteiger partial charge in [-0.3, -0.25) is 0 Å². The number of aliphatic hydroxyl groups excluding tert-OH is 1. The van der Waals surface area contributed by atoms with Crippen molar-refractivity contribution in [3.05, 3.63) is 0 Å². The first-order chi connectivity index (χ1) is 7.58. The predicted molar refractivity (Wildman–Crippen MR) is 61.2 cm³/mol. The molecule has 2 N–H and O–H groups in total. The Balaban J connectivity index is 2.62. The summed E-state index contributed by atoms with van der Waals surface area (Å²) in [5.41, 5.74) is 0. The van der Waals surface area contributed by atoms with E-state index in [1.54, 1.807) is 11.8 Å². The van der Waals surface area contributed by atoms with Crippen molar-refractivity contribution < 1.29 is 14.6 Å². The summed E-state index contributed by atoms with van der Waals surface area (Å²) >= 11 is 0. The second-order valence-corrected chi connectivity index (χ2v) is 4.37. The number of hydrogen-bond acceptors (Lipinski definition) is 4. The van der Waals surface area contributed by atoms with Crippen molar-refractivity contribution in [2.24, 2.45) is 5.92 Å². The minimum Gasteiger partial charge on any atom is -0.453 e. The molecule has 3 unspecified atom stereocenters. The third kappa shape index (κ3) is 3.35. The maximum atomic E-state index is 11.5. The van der Waals surface area contributed by atoms with E-state index in [0.29, 0.717) is 13.1 Å². The van der Waals surface area contributed by atoms with Crippen molar-refractivity contribution in [3.63, 3.8) is 0 Å². The molecule has 1 aliphatic rings. The number of likely N-dealkylation sites (tertiary alicyclic amines) is 1. The monoisotopic (exact) mass is 230 g/mol. The molecule has 0 spiro atoms. The minimum absolute atomic E-state index is 0.122. The van der Waals surface area contributed by atoms with Crippen LogP contribution in [0.4, 0.5) is 4.79 Å². The van der Waals surface area contributed by atoms with Crippen molar-refractivity contribution in [3.8, 4) is 0 Å². The van der Waals surface area contributed by atoms with Gasteiger partial charge in [-0.2, -0.15) is 0 Å². The van der Waals surface area contributed by atoms with Gasteiger partial charge in [-0.15, -0.1) is 0 Å². The smallest absolute Gasteiger partial charge is 0.409 e. The number of carbonyl (C=O) groups is 1. The molecule has 1 heterocycles. The molecule has 0 aromatic heterocycles. The highest BCUT2D eigenvalue weighted by molar-refractivity contribution is 5.67. The van der Waals surface area contributed by atoms with E-state index < -0.39 is 6.10 Å². The lowest BCUT2D eigenvalue weighted by Gasteiger charge is -2.38. The predicted octanol–water partition coefficient (Wildman–Crippen LogP) is 0.434. The normalized spacial score (nSPS) is 27.6. The highest BCUT2D eigenvalue weighted by Crippen LogP contribution is 2.20. The molecule has 0 aromatic carbocycles. The van der Waals surface area contributed by atoms with E-state index in [1.807, 2.05) is 6.92 Å². The van der Waals surface area contributed by atoms with Crippen molar-refractivity contribution in [2.75, 3.05) is 26.7 Å². The van der Waals surface area contributed by atoms with Crippen LogP contribution in [0.5, 0.6) is 0 Å². The van der Waals surface area contributed by atoms with Crippen LogP contribution in [-0.2, 0) is 4.74 Å². The number of carbonyl (C=O) groups excluding carboxylic acids is 1. The Bertz CT molecular complexity index is 233. The summed E-state index contributed by atoms with van der Waals surface area (Å²) in [6, 6.07) is 0.248. The molecule has 0 aromatic rings. The topological polar surface area (TPSA) is 61.8 Å². The van der Waals surface area contributed by atoms with E-state index in [0.717, 1.165) is 13.0 Å². The number of piperidine rings is 1. The summed E-state index contributed by atoms with van der Waals surface area (Å²) in [6.45, 7) is 5.91. The Labute approximate surface area is 96.8 Å². The first kappa shape index (κ1) is 13.3. The Hall–Kier alpha value is -0.810. The lowest BCUT2D eigenvalue weighted by Crippen LogP contribution is -2.53. The molecule has 0 saturated carbocycles. The molecular formula is C11H22N2O3. The molecule has 1 aliphatic heterocycles. The Morgan fingerprint density at radius 2 is 2.31 bits per heavy atom. The van der Waals surface area contributed by atoms with Gasteiger partial charge >= 0.3 is 6.09 Å². The summed E-state index contributed by atoms with van der Waals surface area (Å²) in [4.78, 5) is 13.1. The second-order valence-electron chi connectivity index (χ2n) is 4.37. The van der Waals surface area contributed by atoms with Gasteiger partial charge in [0.2, 0.25) is 0 Å². The van der Waals surface area contributed by atoms with Gasteiger partial charge in [-0.05, 0) is 19.9 Å². The average molecular weight is 230 g/mol. The van der Waals surface area contributed by atoms with Gasteiger partial charge in [-0.25, -0.2) is 4.79 Å². The quantitative estimate of drug-likeness (QED) is 0.738. The fourth-order valence-electron chi connectivity index (χ4n) is 2.20. The molecule has 0 radical (unpaired) electrons. The largest absolute Gasteiger partial charge is 0.453 e. The van der Waals surface area contributed by atoms with Crippen LogP contribution >= 0.6 is 0 Å². The Kier molecular flexibility index (Phi) is 5.02.